The van der Waals surface area contributed by atoms with Crippen molar-refractivity contribution in [3.63, 3.8) is 0 Å². The minimum atomic E-state index is -0.414. The number of benzene rings is 1. The van der Waals surface area contributed by atoms with Crippen LogP contribution in [0.1, 0.15) is 47.2 Å². The Bertz CT molecular complexity index is 447. The van der Waals surface area contributed by atoms with Crippen LogP contribution in [0.15, 0.2) is 12.1 Å². The second-order valence-electron chi connectivity index (χ2n) is 5.28. The maximum atomic E-state index is 13.9. The first-order valence-corrected chi connectivity index (χ1v) is 6.32. The standard InChI is InChI=1S/C15H19FO2/c1-10-7-11(2)14(12(16)8-10)13(17)9-15(18-3)5-4-6-15/h7-8H,4-6,9H2,1-3H3. The van der Waals surface area contributed by atoms with Gasteiger partial charge in [-0.3, -0.25) is 4.79 Å². The number of Topliss-reactive ketones (excluding diaryl/α,β-unsaturated/α-hetero) is 1. The van der Waals surface area contributed by atoms with Crippen LogP contribution in [0.5, 0.6) is 0 Å². The van der Waals surface area contributed by atoms with Crippen LogP contribution in [0.25, 0.3) is 0 Å². The van der Waals surface area contributed by atoms with E-state index in [9.17, 15) is 9.18 Å². The third kappa shape index (κ3) is 2.32. The zero-order chi connectivity index (χ0) is 13.3. The zero-order valence-corrected chi connectivity index (χ0v) is 11.2. The zero-order valence-electron chi connectivity index (χ0n) is 11.2. The molecule has 2 nitrogen and oxygen atoms in total. The van der Waals surface area contributed by atoms with Crippen LogP contribution in [-0.2, 0) is 4.74 Å². The summed E-state index contributed by atoms with van der Waals surface area (Å²) in [7, 11) is 1.63. The van der Waals surface area contributed by atoms with Gasteiger partial charge in [-0.2, -0.15) is 0 Å². The summed E-state index contributed by atoms with van der Waals surface area (Å²) in [6, 6.07) is 3.26. The molecule has 3 heteroatoms. The molecule has 98 valence electrons. The number of hydrogen-bond donors (Lipinski definition) is 0. The number of halogens is 1. The van der Waals surface area contributed by atoms with E-state index in [1.807, 2.05) is 13.0 Å². The lowest BCUT2D eigenvalue weighted by molar-refractivity contribution is -0.0705. The molecule has 1 aliphatic rings. The fourth-order valence-electron chi connectivity index (χ4n) is 2.67. The molecule has 0 unspecified atom stereocenters. The molecule has 0 N–H and O–H groups in total. The first kappa shape index (κ1) is 13.2. The van der Waals surface area contributed by atoms with E-state index in [1.165, 1.54) is 6.07 Å². The quantitative estimate of drug-likeness (QED) is 0.763. The normalized spacial score (nSPS) is 17.3. The van der Waals surface area contributed by atoms with Crippen molar-refractivity contribution >= 4 is 5.78 Å². The fraction of sp³-hybridized carbons (Fsp3) is 0.533. The Morgan fingerprint density at radius 3 is 2.50 bits per heavy atom. The van der Waals surface area contributed by atoms with Crippen LogP contribution in [0.3, 0.4) is 0 Å². The van der Waals surface area contributed by atoms with E-state index in [-0.39, 0.29) is 23.4 Å². The Kier molecular flexibility index (Phi) is 3.53. The van der Waals surface area contributed by atoms with E-state index in [2.05, 4.69) is 0 Å². The Labute approximate surface area is 107 Å². The van der Waals surface area contributed by atoms with Gasteiger partial charge < -0.3 is 4.74 Å². The Morgan fingerprint density at radius 2 is 2.06 bits per heavy atom. The summed E-state index contributed by atoms with van der Waals surface area (Å²) in [5.74, 6) is -0.561. The highest BCUT2D eigenvalue weighted by atomic mass is 19.1. The molecule has 0 aromatic heterocycles. The largest absolute Gasteiger partial charge is 0.378 e. The van der Waals surface area contributed by atoms with Crippen molar-refractivity contribution < 1.29 is 13.9 Å². The predicted molar refractivity (Wildman–Crippen MR) is 68.4 cm³/mol. The van der Waals surface area contributed by atoms with Crippen molar-refractivity contribution in [3.05, 3.63) is 34.6 Å². The molecule has 0 atom stereocenters. The van der Waals surface area contributed by atoms with Gasteiger partial charge >= 0.3 is 0 Å². The SMILES string of the molecule is COC1(CC(=O)c2c(C)cc(C)cc2F)CCC1. The molecule has 1 fully saturated rings. The minimum absolute atomic E-state index is 0.147. The molecule has 0 radical (unpaired) electrons. The van der Waals surface area contributed by atoms with E-state index in [4.69, 9.17) is 4.74 Å². The molecule has 0 aliphatic heterocycles. The molecule has 0 saturated heterocycles. The van der Waals surface area contributed by atoms with Crippen LogP contribution >= 0.6 is 0 Å². The van der Waals surface area contributed by atoms with Gasteiger partial charge in [0.2, 0.25) is 0 Å². The lowest BCUT2D eigenvalue weighted by Crippen LogP contribution is -2.41. The second-order valence-corrected chi connectivity index (χ2v) is 5.28. The smallest absolute Gasteiger partial charge is 0.168 e. The molecule has 0 heterocycles. The third-order valence-electron chi connectivity index (χ3n) is 3.89. The second kappa shape index (κ2) is 4.81. The molecule has 1 aliphatic carbocycles. The number of aryl methyl sites for hydroxylation is 2. The topological polar surface area (TPSA) is 26.3 Å². The van der Waals surface area contributed by atoms with E-state index >= 15 is 0 Å². The van der Waals surface area contributed by atoms with Gasteiger partial charge in [0.15, 0.2) is 5.78 Å². The maximum Gasteiger partial charge on any atom is 0.168 e. The molecule has 0 bridgehead atoms. The van der Waals surface area contributed by atoms with Crippen molar-refractivity contribution in [2.75, 3.05) is 7.11 Å². The summed E-state index contributed by atoms with van der Waals surface area (Å²) in [4.78, 5) is 12.2. The van der Waals surface area contributed by atoms with Crippen molar-refractivity contribution in [2.24, 2.45) is 0 Å². The van der Waals surface area contributed by atoms with Crippen molar-refractivity contribution in [3.8, 4) is 0 Å². The van der Waals surface area contributed by atoms with Crippen molar-refractivity contribution in [2.45, 2.75) is 45.1 Å². The highest BCUT2D eigenvalue weighted by Crippen LogP contribution is 2.39. The molecule has 18 heavy (non-hydrogen) atoms. The summed E-state index contributed by atoms with van der Waals surface area (Å²) in [5, 5.41) is 0. The van der Waals surface area contributed by atoms with Gasteiger partial charge in [0.25, 0.3) is 0 Å². The molecule has 1 aromatic carbocycles. The molecular weight excluding hydrogens is 231 g/mol. The van der Waals surface area contributed by atoms with Gasteiger partial charge in [0.1, 0.15) is 5.82 Å². The summed E-state index contributed by atoms with van der Waals surface area (Å²) in [5.41, 5.74) is 1.43. The number of ketones is 1. The van der Waals surface area contributed by atoms with Gasteiger partial charge in [0, 0.05) is 13.5 Å². The Hall–Kier alpha value is -1.22. The van der Waals surface area contributed by atoms with Crippen LogP contribution in [0.2, 0.25) is 0 Å². The summed E-state index contributed by atoms with van der Waals surface area (Å²) >= 11 is 0. The van der Waals surface area contributed by atoms with Gasteiger partial charge in [-0.25, -0.2) is 4.39 Å². The molecule has 2 rings (SSSR count). The summed E-state index contributed by atoms with van der Waals surface area (Å²) in [6.45, 7) is 3.61. The van der Waals surface area contributed by atoms with Crippen molar-refractivity contribution in [1.82, 2.24) is 0 Å². The predicted octanol–water partition coefficient (Wildman–Crippen LogP) is 3.58. The number of hydrogen-bond acceptors (Lipinski definition) is 2. The lowest BCUT2D eigenvalue weighted by atomic mass is 9.75. The van der Waals surface area contributed by atoms with E-state index in [1.54, 1.807) is 14.0 Å². The Morgan fingerprint density at radius 1 is 1.39 bits per heavy atom. The maximum absolute atomic E-state index is 13.9. The van der Waals surface area contributed by atoms with Crippen LogP contribution in [0.4, 0.5) is 4.39 Å². The molecule has 0 amide bonds. The number of carbonyl (C=O) groups is 1. The first-order chi connectivity index (χ1) is 8.47. The van der Waals surface area contributed by atoms with Gasteiger partial charge in [-0.1, -0.05) is 6.07 Å². The van der Waals surface area contributed by atoms with Crippen LogP contribution < -0.4 is 0 Å². The number of methoxy groups -OCH3 is 1. The van der Waals surface area contributed by atoms with E-state index in [0.717, 1.165) is 24.8 Å². The highest BCUT2D eigenvalue weighted by molar-refractivity contribution is 5.98. The van der Waals surface area contributed by atoms with Gasteiger partial charge in [-0.05, 0) is 50.3 Å². The van der Waals surface area contributed by atoms with Crippen molar-refractivity contribution in [1.29, 1.82) is 0 Å². The Balaban J connectivity index is 2.24. The number of rotatable bonds is 4. The average molecular weight is 250 g/mol. The lowest BCUT2D eigenvalue weighted by Gasteiger charge is -2.40. The van der Waals surface area contributed by atoms with Gasteiger partial charge in [0.05, 0.1) is 11.2 Å². The summed E-state index contributed by atoms with van der Waals surface area (Å²) < 4.78 is 19.3. The highest BCUT2D eigenvalue weighted by Gasteiger charge is 2.39. The van der Waals surface area contributed by atoms with Crippen LogP contribution in [-0.4, -0.2) is 18.5 Å². The van der Waals surface area contributed by atoms with Crippen LogP contribution in [0, 0.1) is 19.7 Å². The number of carbonyl (C=O) groups excluding carboxylic acids is 1. The molecule has 1 aromatic rings. The molecular formula is C15H19FO2. The first-order valence-electron chi connectivity index (χ1n) is 6.32. The molecule has 1 saturated carbocycles. The minimum Gasteiger partial charge on any atom is -0.378 e. The molecule has 0 spiro atoms. The van der Waals surface area contributed by atoms with E-state index in [0.29, 0.717) is 5.56 Å². The number of ether oxygens (including phenoxy) is 1. The average Bonchev–Trinajstić information content (AvgIpc) is 2.21. The summed E-state index contributed by atoms with van der Waals surface area (Å²) in [6.07, 6.45) is 3.14. The monoisotopic (exact) mass is 250 g/mol. The fourth-order valence-corrected chi connectivity index (χ4v) is 2.67. The van der Waals surface area contributed by atoms with Gasteiger partial charge in [-0.15, -0.1) is 0 Å². The third-order valence-corrected chi connectivity index (χ3v) is 3.89. The van der Waals surface area contributed by atoms with E-state index < -0.39 is 5.82 Å².